The third kappa shape index (κ3) is 3.29. The maximum absolute atomic E-state index is 8.31. The minimum atomic E-state index is 0.168. The van der Waals surface area contributed by atoms with Gasteiger partial charge in [0.15, 0.2) is 0 Å². The lowest BCUT2D eigenvalue weighted by Crippen LogP contribution is -2.13. The van der Waals surface area contributed by atoms with Crippen LogP contribution in [0.4, 0.5) is 0 Å². The van der Waals surface area contributed by atoms with Crippen molar-refractivity contribution >= 4 is 40.8 Å². The molecule has 0 saturated heterocycles. The zero-order valence-corrected chi connectivity index (χ0v) is 9.40. The number of amidine groups is 1. The zero-order valence-electron chi connectivity index (χ0n) is 7.08. The second kappa shape index (κ2) is 5.34. The van der Waals surface area contributed by atoms with Gasteiger partial charge in [-0.2, -0.15) is 0 Å². The van der Waals surface area contributed by atoms with Gasteiger partial charge in [-0.05, 0) is 18.2 Å². The molecule has 0 fully saturated rings. The van der Waals surface area contributed by atoms with Crippen LogP contribution in [0.25, 0.3) is 0 Å². The molecule has 0 aliphatic rings. The molecule has 0 unspecified atom stereocenters. The molecule has 0 amide bonds. The van der Waals surface area contributed by atoms with Gasteiger partial charge >= 0.3 is 0 Å². The number of nitrogens with zero attached hydrogens (tertiary/aromatic N) is 1. The standard InChI is InChI=1S/C8H8Cl2N2OS/c9-6-2-1-5(3-7(6)10)14-4-8(11)12-13/h1-3,13H,4H2,(H2,11,12). The Morgan fingerprint density at radius 1 is 1.43 bits per heavy atom. The molecule has 1 rings (SSSR count). The minimum Gasteiger partial charge on any atom is -0.409 e. The number of halogens is 2. The summed E-state index contributed by atoms with van der Waals surface area (Å²) >= 11 is 13.0. The second-order valence-electron chi connectivity index (χ2n) is 2.46. The SMILES string of the molecule is NC(CSc1ccc(Cl)c(Cl)c1)=NO. The predicted molar refractivity (Wildman–Crippen MR) is 60.6 cm³/mol. The van der Waals surface area contributed by atoms with Crippen molar-refractivity contribution in [1.29, 1.82) is 0 Å². The van der Waals surface area contributed by atoms with Crippen LogP contribution in [0.2, 0.25) is 10.0 Å². The highest BCUT2D eigenvalue weighted by Crippen LogP contribution is 2.27. The van der Waals surface area contributed by atoms with Crippen LogP contribution in [0.1, 0.15) is 0 Å². The highest BCUT2D eigenvalue weighted by molar-refractivity contribution is 8.00. The Labute approximate surface area is 95.9 Å². The molecule has 76 valence electrons. The van der Waals surface area contributed by atoms with Gasteiger partial charge in [-0.3, -0.25) is 0 Å². The van der Waals surface area contributed by atoms with Crippen LogP contribution in [0.15, 0.2) is 28.3 Å². The van der Waals surface area contributed by atoms with Gasteiger partial charge in [-0.15, -0.1) is 11.8 Å². The molecule has 3 nitrogen and oxygen atoms in total. The van der Waals surface area contributed by atoms with Gasteiger partial charge in [-0.25, -0.2) is 0 Å². The highest BCUT2D eigenvalue weighted by Gasteiger charge is 2.01. The summed E-state index contributed by atoms with van der Waals surface area (Å²) < 4.78 is 0. The number of thioether (sulfide) groups is 1. The predicted octanol–water partition coefficient (Wildman–Crippen LogP) is 2.83. The fourth-order valence-electron chi connectivity index (χ4n) is 0.753. The molecule has 1 aromatic rings. The highest BCUT2D eigenvalue weighted by atomic mass is 35.5. The van der Waals surface area contributed by atoms with E-state index in [1.807, 2.05) is 6.07 Å². The van der Waals surface area contributed by atoms with Crippen molar-refractivity contribution in [2.24, 2.45) is 10.9 Å². The van der Waals surface area contributed by atoms with E-state index in [1.165, 1.54) is 11.8 Å². The average molecular weight is 251 g/mol. The largest absolute Gasteiger partial charge is 0.409 e. The maximum atomic E-state index is 8.31. The van der Waals surface area contributed by atoms with Crippen LogP contribution >= 0.6 is 35.0 Å². The molecule has 6 heteroatoms. The van der Waals surface area contributed by atoms with Crippen LogP contribution in [0, 0.1) is 0 Å². The lowest BCUT2D eigenvalue weighted by atomic mass is 10.4. The van der Waals surface area contributed by atoms with Crippen molar-refractivity contribution in [3.8, 4) is 0 Å². The summed E-state index contributed by atoms with van der Waals surface area (Å²) in [4.78, 5) is 0.922. The molecule has 0 atom stereocenters. The summed E-state index contributed by atoms with van der Waals surface area (Å²) in [6.45, 7) is 0. The summed E-state index contributed by atoms with van der Waals surface area (Å²) in [5, 5.41) is 12.2. The van der Waals surface area contributed by atoms with Crippen molar-refractivity contribution in [3.63, 3.8) is 0 Å². The average Bonchev–Trinajstić information content (AvgIpc) is 2.19. The number of rotatable bonds is 3. The molecule has 0 bridgehead atoms. The second-order valence-corrected chi connectivity index (χ2v) is 4.32. The maximum Gasteiger partial charge on any atom is 0.149 e. The Kier molecular flexibility index (Phi) is 4.38. The molecule has 1 aromatic carbocycles. The van der Waals surface area contributed by atoms with Crippen LogP contribution in [-0.4, -0.2) is 16.8 Å². The smallest absolute Gasteiger partial charge is 0.149 e. The molecular weight excluding hydrogens is 243 g/mol. The number of benzene rings is 1. The van der Waals surface area contributed by atoms with Gasteiger partial charge in [0, 0.05) is 4.90 Å². The topological polar surface area (TPSA) is 58.6 Å². The Bertz CT molecular complexity index is 357. The summed E-state index contributed by atoms with van der Waals surface area (Å²) in [5.41, 5.74) is 5.31. The molecular formula is C8H8Cl2N2OS. The first-order valence-corrected chi connectivity index (χ1v) is 5.42. The lowest BCUT2D eigenvalue weighted by molar-refractivity contribution is 0.318. The van der Waals surface area contributed by atoms with E-state index in [4.69, 9.17) is 34.1 Å². The number of hydrogen-bond donors (Lipinski definition) is 2. The van der Waals surface area contributed by atoms with Gasteiger partial charge in [0.2, 0.25) is 0 Å². The van der Waals surface area contributed by atoms with Gasteiger partial charge in [0.05, 0.1) is 15.8 Å². The van der Waals surface area contributed by atoms with E-state index in [2.05, 4.69) is 5.16 Å². The van der Waals surface area contributed by atoms with E-state index in [9.17, 15) is 0 Å². The van der Waals surface area contributed by atoms with Gasteiger partial charge in [0.25, 0.3) is 0 Å². The molecule has 14 heavy (non-hydrogen) atoms. The molecule has 0 aliphatic heterocycles. The molecule has 0 spiro atoms. The number of nitrogens with two attached hydrogens (primary N) is 1. The molecule has 0 saturated carbocycles. The Hall–Kier alpha value is -0.580. The Morgan fingerprint density at radius 3 is 2.71 bits per heavy atom. The lowest BCUT2D eigenvalue weighted by Gasteiger charge is -2.01. The van der Waals surface area contributed by atoms with E-state index >= 15 is 0 Å². The van der Waals surface area contributed by atoms with Crippen LogP contribution < -0.4 is 5.73 Å². The van der Waals surface area contributed by atoms with Crippen LogP contribution in [-0.2, 0) is 0 Å². The third-order valence-corrected chi connectivity index (χ3v) is 3.17. The fourth-order valence-corrected chi connectivity index (χ4v) is 1.85. The van der Waals surface area contributed by atoms with Gasteiger partial charge in [-0.1, -0.05) is 28.4 Å². The van der Waals surface area contributed by atoms with Crippen molar-refractivity contribution in [1.82, 2.24) is 0 Å². The first kappa shape index (κ1) is 11.5. The monoisotopic (exact) mass is 250 g/mol. The summed E-state index contributed by atoms with van der Waals surface area (Å²) in [6.07, 6.45) is 0. The van der Waals surface area contributed by atoms with Crippen LogP contribution in [0.5, 0.6) is 0 Å². The van der Waals surface area contributed by atoms with E-state index in [1.54, 1.807) is 12.1 Å². The number of hydrogen-bond acceptors (Lipinski definition) is 3. The molecule has 0 aromatic heterocycles. The first-order chi connectivity index (χ1) is 6.63. The van der Waals surface area contributed by atoms with E-state index in [0.717, 1.165) is 4.90 Å². The summed E-state index contributed by atoms with van der Waals surface area (Å²) in [7, 11) is 0. The Balaban J connectivity index is 2.64. The molecule has 0 radical (unpaired) electrons. The quantitative estimate of drug-likeness (QED) is 0.285. The van der Waals surface area contributed by atoms with Crippen molar-refractivity contribution in [2.75, 3.05) is 5.75 Å². The molecule has 3 N–H and O–H groups in total. The third-order valence-electron chi connectivity index (χ3n) is 1.41. The van der Waals surface area contributed by atoms with Crippen molar-refractivity contribution in [2.45, 2.75) is 4.90 Å². The van der Waals surface area contributed by atoms with Crippen molar-refractivity contribution < 1.29 is 5.21 Å². The van der Waals surface area contributed by atoms with E-state index < -0.39 is 0 Å². The minimum absolute atomic E-state index is 0.168. The Morgan fingerprint density at radius 2 is 2.14 bits per heavy atom. The molecule has 0 aliphatic carbocycles. The van der Waals surface area contributed by atoms with E-state index in [-0.39, 0.29) is 5.84 Å². The normalized spacial score (nSPS) is 11.7. The van der Waals surface area contributed by atoms with Gasteiger partial charge < -0.3 is 10.9 Å². The van der Waals surface area contributed by atoms with Gasteiger partial charge in [0.1, 0.15) is 5.84 Å². The zero-order chi connectivity index (χ0) is 10.6. The first-order valence-electron chi connectivity index (χ1n) is 3.67. The van der Waals surface area contributed by atoms with Crippen molar-refractivity contribution in [3.05, 3.63) is 28.2 Å². The van der Waals surface area contributed by atoms with Crippen LogP contribution in [0.3, 0.4) is 0 Å². The summed E-state index contributed by atoms with van der Waals surface area (Å²) in [5.74, 6) is 0.579. The molecule has 0 heterocycles. The van der Waals surface area contributed by atoms with E-state index in [0.29, 0.717) is 15.8 Å². The summed E-state index contributed by atoms with van der Waals surface area (Å²) in [6, 6.07) is 5.27. The number of oxime groups is 1. The fraction of sp³-hybridized carbons (Fsp3) is 0.125.